The minimum absolute atomic E-state index is 0.0440. The monoisotopic (exact) mass is 1030 g/mol. The van der Waals surface area contributed by atoms with E-state index in [1.54, 1.807) is 0 Å². The molecule has 4 aliphatic heterocycles. The molecular weight excluding hydrogens is 951 g/mol. The van der Waals surface area contributed by atoms with Gasteiger partial charge in [-0.25, -0.2) is 4.79 Å². The summed E-state index contributed by atoms with van der Waals surface area (Å²) in [5.41, 5.74) is 10.9. The number of aliphatic hydroxyl groups is 1. The number of nitrogens with zero attached hydrogens (tertiary/aromatic N) is 3. The van der Waals surface area contributed by atoms with Crippen LogP contribution in [-0.4, -0.2) is 128 Å². The molecule has 0 amide bonds. The van der Waals surface area contributed by atoms with E-state index < -0.39 is 85.5 Å². The topological polar surface area (TPSA) is 256 Å². The Kier molecular flexibility index (Phi) is 24.8. The lowest BCUT2D eigenvalue weighted by molar-refractivity contribution is -0.365. The van der Waals surface area contributed by atoms with Crippen molar-refractivity contribution in [1.29, 1.82) is 0 Å². The number of rotatable bonds is 18. The van der Waals surface area contributed by atoms with Crippen LogP contribution in [0.25, 0.3) is 10.4 Å². The summed E-state index contributed by atoms with van der Waals surface area (Å²) in [5, 5.41) is 14.3. The molecule has 73 heavy (non-hydrogen) atoms. The Bertz CT molecular complexity index is 2050. The first-order valence-electron chi connectivity index (χ1n) is 25.1. The zero-order valence-electron chi connectivity index (χ0n) is 44.2. The lowest BCUT2D eigenvalue weighted by atomic mass is 9.82. The maximum atomic E-state index is 12.6. The molecule has 1 N–H and O–H groups in total. The summed E-state index contributed by atoms with van der Waals surface area (Å²) in [6.07, 6.45) is -6.29. The molecule has 2 aromatic carbocycles. The second-order valence-corrected chi connectivity index (χ2v) is 20.3. The van der Waals surface area contributed by atoms with Crippen molar-refractivity contribution in [3.8, 4) is 0 Å². The van der Waals surface area contributed by atoms with Gasteiger partial charge in [0.25, 0.3) is 0 Å². The van der Waals surface area contributed by atoms with Gasteiger partial charge in [0.05, 0.1) is 68.6 Å². The van der Waals surface area contributed by atoms with Crippen molar-refractivity contribution in [2.75, 3.05) is 13.2 Å². The van der Waals surface area contributed by atoms with E-state index >= 15 is 0 Å². The highest BCUT2D eigenvalue weighted by Gasteiger charge is 2.53. The van der Waals surface area contributed by atoms with E-state index in [9.17, 15) is 15.4 Å². The molecule has 4 heterocycles. The highest BCUT2D eigenvalue weighted by atomic mass is 16.8. The number of carbonyl (C=O) groups excluding carboxylic acids is 5. The van der Waals surface area contributed by atoms with Gasteiger partial charge in [-0.3, -0.25) is 0 Å². The van der Waals surface area contributed by atoms with Gasteiger partial charge in [-0.1, -0.05) is 114 Å². The summed E-state index contributed by atoms with van der Waals surface area (Å²) < 4.78 is 72.1. The number of carbonyl (C=O) groups is 1. The molecule has 6 rings (SSSR count). The first-order chi connectivity index (χ1) is 34.8. The average Bonchev–Trinajstić information content (AvgIpc) is 3.35. The molecule has 20 atom stereocenters. The molecular formula is C53H77N3O17. The van der Waals surface area contributed by atoms with Crippen molar-refractivity contribution < 1.29 is 81.2 Å². The van der Waals surface area contributed by atoms with Crippen molar-refractivity contribution >= 4 is 18.3 Å². The van der Waals surface area contributed by atoms with E-state index in [0.29, 0.717) is 19.6 Å². The van der Waals surface area contributed by atoms with Crippen molar-refractivity contribution in [1.82, 2.24) is 0 Å². The molecule has 4 aliphatic rings. The normalized spacial score (nSPS) is 36.3. The van der Waals surface area contributed by atoms with Gasteiger partial charge in [0.2, 0.25) is 0 Å². The van der Waals surface area contributed by atoms with Crippen LogP contribution in [0.2, 0.25) is 0 Å². The van der Waals surface area contributed by atoms with Crippen LogP contribution in [0.4, 0.5) is 0 Å². The number of hydrogen-bond donors (Lipinski definition) is 1. The summed E-state index contributed by atoms with van der Waals surface area (Å²) in [6, 6.07) is 19.3. The largest absolute Gasteiger partial charge is 0.458 e. The lowest BCUT2D eigenvalue weighted by Gasteiger charge is -2.51. The number of hydrogen-bond acceptors (Lipinski definition) is 18. The van der Waals surface area contributed by atoms with Gasteiger partial charge in [0, 0.05) is 22.7 Å². The Labute approximate surface area is 428 Å². The first-order valence-corrected chi connectivity index (χ1v) is 25.1. The van der Waals surface area contributed by atoms with Crippen molar-refractivity contribution in [2.24, 2.45) is 40.6 Å². The molecule has 4 saturated heterocycles. The number of benzene rings is 2. The zero-order valence-corrected chi connectivity index (χ0v) is 44.2. The van der Waals surface area contributed by atoms with Gasteiger partial charge >= 0.3 is 18.3 Å². The Morgan fingerprint density at radius 3 is 1.53 bits per heavy atom. The predicted molar refractivity (Wildman–Crippen MR) is 258 cm³/mol. The Hall–Kier alpha value is -4.46. The third kappa shape index (κ3) is 17.0. The van der Waals surface area contributed by atoms with E-state index in [1.807, 2.05) is 123 Å². The molecule has 4 fully saturated rings. The van der Waals surface area contributed by atoms with Crippen LogP contribution in [0.5, 0.6) is 0 Å². The Balaban J connectivity index is 0.00000183. The highest BCUT2D eigenvalue weighted by Crippen LogP contribution is 2.42. The highest BCUT2D eigenvalue weighted by molar-refractivity contribution is 5.71. The fraction of sp³-hybridized carbons (Fsp3) is 0.717. The number of esters is 1. The average molecular weight is 1030 g/mol. The van der Waals surface area contributed by atoms with Crippen LogP contribution in [0.3, 0.4) is 0 Å². The molecule has 0 radical (unpaired) electrons. The molecule has 0 saturated carbocycles. The smallest absolute Gasteiger partial charge is 0.373 e. The molecule has 20 heteroatoms. The summed E-state index contributed by atoms with van der Waals surface area (Å²) in [7, 11) is 0. The van der Waals surface area contributed by atoms with E-state index in [4.69, 9.17) is 71.3 Å². The number of ether oxygens (including phenoxy) is 11. The van der Waals surface area contributed by atoms with Crippen LogP contribution < -0.4 is 0 Å². The fourth-order valence-electron chi connectivity index (χ4n) is 9.77. The second kappa shape index (κ2) is 29.6. The summed E-state index contributed by atoms with van der Waals surface area (Å²) >= 11 is 0. The van der Waals surface area contributed by atoms with Gasteiger partial charge in [-0.2, -0.15) is 19.2 Å². The predicted octanol–water partition coefficient (Wildman–Crippen LogP) is 7.34. The van der Waals surface area contributed by atoms with Gasteiger partial charge in [0.15, 0.2) is 25.2 Å². The standard InChI is InChI=1S/C51H77N3O13.2CO2/c1-13-38-42(64-49-33(7)44(58-26-37-22-18-15-19-23-37)46(35(9)61-49)66-50-41(53-54-52)29(3)28(2)39(24-55)63-50)30(4)31(5)48(62-38)65-45-34(8)60-47(59-27-40(56)67-51(10,11)12)32(6)43(45)57-25-36-20-16-14-17-21-36;2*2-1-3/h14-23,28-35,38-39,41-50,55H,13,24-27H2,1-12H3;;/t28-,29-,30+,31?,32?,33?,34?,35?,38?,39?,41?,42-,43-,44-,45+,46+,47+,48+,49-,50+;;/m0../s1. The number of azide groups is 1. The van der Waals surface area contributed by atoms with E-state index in [-0.39, 0.29) is 73.2 Å². The van der Waals surface area contributed by atoms with Crippen molar-refractivity contribution in [2.45, 2.75) is 194 Å². The molecule has 0 spiro atoms. The summed E-state index contributed by atoms with van der Waals surface area (Å²) in [6.45, 7) is 23.8. The zero-order chi connectivity index (χ0) is 54.0. The second-order valence-electron chi connectivity index (χ2n) is 20.3. The quantitative estimate of drug-likeness (QED) is 0.0663. The lowest BCUT2D eigenvalue weighted by Crippen LogP contribution is -2.61. The van der Waals surface area contributed by atoms with E-state index in [2.05, 4.69) is 30.8 Å². The maximum absolute atomic E-state index is 12.6. The van der Waals surface area contributed by atoms with E-state index in [1.165, 1.54) is 0 Å². The maximum Gasteiger partial charge on any atom is 0.373 e. The molecule has 20 nitrogen and oxygen atoms in total. The molecule has 8 unspecified atom stereocenters. The van der Waals surface area contributed by atoms with Crippen molar-refractivity contribution in [3.05, 3.63) is 82.2 Å². The van der Waals surface area contributed by atoms with Crippen LogP contribution in [0, 0.1) is 35.5 Å². The molecule has 406 valence electrons. The van der Waals surface area contributed by atoms with Gasteiger partial charge < -0.3 is 57.2 Å². The van der Waals surface area contributed by atoms with Gasteiger partial charge in [0.1, 0.15) is 24.4 Å². The summed E-state index contributed by atoms with van der Waals surface area (Å²) in [4.78, 5) is 48.3. The van der Waals surface area contributed by atoms with Crippen LogP contribution in [0.15, 0.2) is 65.8 Å². The third-order valence-corrected chi connectivity index (χ3v) is 14.2. The third-order valence-electron chi connectivity index (χ3n) is 14.2. The van der Waals surface area contributed by atoms with Crippen molar-refractivity contribution in [3.63, 3.8) is 0 Å². The summed E-state index contributed by atoms with van der Waals surface area (Å²) in [5.74, 6) is -1.49. The minimum atomic E-state index is -0.934. The van der Waals surface area contributed by atoms with Gasteiger partial charge in [-0.05, 0) is 75.5 Å². The Morgan fingerprint density at radius 2 is 1.05 bits per heavy atom. The van der Waals surface area contributed by atoms with Gasteiger partial charge in [-0.15, -0.1) is 0 Å². The van der Waals surface area contributed by atoms with Crippen LogP contribution in [0.1, 0.15) is 101 Å². The molecule has 0 aliphatic carbocycles. The molecule has 0 bridgehead atoms. The van der Waals surface area contributed by atoms with Crippen LogP contribution >= 0.6 is 0 Å². The minimum Gasteiger partial charge on any atom is -0.458 e. The fourth-order valence-corrected chi connectivity index (χ4v) is 9.77. The molecule has 2 aromatic rings. The Morgan fingerprint density at radius 1 is 0.603 bits per heavy atom. The first kappa shape index (κ1) is 61.1. The molecule has 0 aromatic heterocycles. The number of aliphatic hydroxyl groups excluding tert-OH is 1. The van der Waals surface area contributed by atoms with Crippen LogP contribution in [-0.2, 0) is 89.3 Å². The SMILES string of the molecule is CCC1O[C@H](O[C@@H]2C(C)O[C@@H](OCC(=O)OC(C)(C)C)C(C)[C@@H]2OCc2ccccc2)C(C)[C@@H](C)[C@@H]1O[C@@H]1OC(C)[C@@H](O[C@H]2OC(CO)[C@@H](C)[C@H](C)C2N=[N+]=[N-])[C@@H](OCc2ccccc2)C1C.O=C=O.O=C=O. The van der Waals surface area contributed by atoms with E-state index in [0.717, 1.165) is 11.1 Å².